The maximum absolute atomic E-state index is 13.7. The highest BCUT2D eigenvalue weighted by Gasteiger charge is 2.21. The first kappa shape index (κ1) is 19.2. The minimum Gasteiger partial charge on any atom is -0.489 e. The predicted molar refractivity (Wildman–Crippen MR) is 95.2 cm³/mol. The SMILES string of the molecule is Cc1ccc2c(c1)CN(CCNC(=O)c1cc(F)c(F)cc1F)CC(C)O2. The molecule has 1 heterocycles. The summed E-state index contributed by atoms with van der Waals surface area (Å²) in [5.74, 6) is -3.60. The molecule has 0 saturated carbocycles. The van der Waals surface area contributed by atoms with Crippen LogP contribution in [0.4, 0.5) is 13.2 Å². The van der Waals surface area contributed by atoms with Gasteiger partial charge in [0.25, 0.3) is 5.91 Å². The summed E-state index contributed by atoms with van der Waals surface area (Å²) in [6, 6.07) is 6.96. The molecule has 144 valence electrons. The second kappa shape index (κ2) is 8.00. The Bertz CT molecular complexity index is 857. The van der Waals surface area contributed by atoms with Crippen molar-refractivity contribution in [1.29, 1.82) is 0 Å². The van der Waals surface area contributed by atoms with Crippen molar-refractivity contribution in [1.82, 2.24) is 10.2 Å². The Morgan fingerprint density at radius 1 is 1.19 bits per heavy atom. The summed E-state index contributed by atoms with van der Waals surface area (Å²) < 4.78 is 45.8. The molecule has 0 fully saturated rings. The molecule has 0 saturated heterocycles. The summed E-state index contributed by atoms with van der Waals surface area (Å²) in [5, 5.41) is 2.55. The van der Waals surface area contributed by atoms with E-state index in [1.165, 1.54) is 0 Å². The quantitative estimate of drug-likeness (QED) is 0.829. The van der Waals surface area contributed by atoms with Gasteiger partial charge in [0.15, 0.2) is 11.6 Å². The average molecular weight is 378 g/mol. The third kappa shape index (κ3) is 4.60. The van der Waals surface area contributed by atoms with Gasteiger partial charge in [0.1, 0.15) is 17.7 Å². The molecule has 1 unspecified atom stereocenters. The lowest BCUT2D eigenvalue weighted by Crippen LogP contribution is -2.38. The molecule has 0 radical (unpaired) electrons. The monoisotopic (exact) mass is 378 g/mol. The molecule has 7 heteroatoms. The van der Waals surface area contributed by atoms with E-state index in [-0.39, 0.29) is 12.6 Å². The van der Waals surface area contributed by atoms with Gasteiger partial charge in [0.05, 0.1) is 5.56 Å². The first-order valence-electron chi connectivity index (χ1n) is 8.75. The van der Waals surface area contributed by atoms with Gasteiger partial charge in [-0.05, 0) is 26.0 Å². The number of nitrogens with one attached hydrogen (secondary N) is 1. The molecule has 0 aromatic heterocycles. The molecule has 0 bridgehead atoms. The van der Waals surface area contributed by atoms with Crippen LogP contribution in [0.3, 0.4) is 0 Å². The maximum Gasteiger partial charge on any atom is 0.254 e. The van der Waals surface area contributed by atoms with Gasteiger partial charge in [-0.15, -0.1) is 0 Å². The molecule has 0 aliphatic carbocycles. The zero-order valence-electron chi connectivity index (χ0n) is 15.2. The van der Waals surface area contributed by atoms with Gasteiger partial charge in [0, 0.05) is 37.8 Å². The molecule has 2 aromatic carbocycles. The molecule has 3 rings (SSSR count). The van der Waals surface area contributed by atoms with Crippen molar-refractivity contribution in [3.05, 3.63) is 64.5 Å². The lowest BCUT2D eigenvalue weighted by molar-refractivity contribution is 0.0940. The third-order valence-corrected chi connectivity index (χ3v) is 4.42. The summed E-state index contributed by atoms with van der Waals surface area (Å²) in [7, 11) is 0. The van der Waals surface area contributed by atoms with Gasteiger partial charge in [-0.2, -0.15) is 0 Å². The Hall–Kier alpha value is -2.54. The molecule has 1 amide bonds. The van der Waals surface area contributed by atoms with Crippen LogP contribution >= 0.6 is 0 Å². The maximum atomic E-state index is 13.7. The average Bonchev–Trinajstić information content (AvgIpc) is 2.75. The molecule has 2 aromatic rings. The van der Waals surface area contributed by atoms with E-state index in [1.807, 2.05) is 26.0 Å². The summed E-state index contributed by atoms with van der Waals surface area (Å²) in [6.45, 7) is 6.07. The summed E-state index contributed by atoms with van der Waals surface area (Å²) in [4.78, 5) is 14.2. The molecule has 1 aliphatic heterocycles. The van der Waals surface area contributed by atoms with E-state index >= 15 is 0 Å². The number of benzene rings is 2. The van der Waals surface area contributed by atoms with Crippen molar-refractivity contribution in [3.8, 4) is 5.75 Å². The number of aryl methyl sites for hydroxylation is 1. The normalized spacial score (nSPS) is 17.0. The van der Waals surface area contributed by atoms with Crippen LogP contribution < -0.4 is 10.1 Å². The second-order valence-electron chi connectivity index (χ2n) is 6.78. The fourth-order valence-electron chi connectivity index (χ4n) is 3.16. The van der Waals surface area contributed by atoms with Crippen molar-refractivity contribution >= 4 is 5.91 Å². The number of nitrogens with zero attached hydrogens (tertiary/aromatic N) is 1. The van der Waals surface area contributed by atoms with Crippen LogP contribution in [0, 0.1) is 24.4 Å². The van der Waals surface area contributed by atoms with Crippen LogP contribution in [0.15, 0.2) is 30.3 Å². The Balaban J connectivity index is 1.61. The molecule has 27 heavy (non-hydrogen) atoms. The van der Waals surface area contributed by atoms with Crippen molar-refractivity contribution in [3.63, 3.8) is 0 Å². The van der Waals surface area contributed by atoms with Crippen LogP contribution in [0.25, 0.3) is 0 Å². The van der Waals surface area contributed by atoms with E-state index in [4.69, 9.17) is 4.74 Å². The standard InChI is InChI=1S/C20H21F3N2O2/c1-12-3-4-19-14(7-12)11-25(10-13(2)27-19)6-5-24-20(26)15-8-17(22)18(23)9-16(15)21/h3-4,7-9,13H,5-6,10-11H2,1-2H3,(H,24,26). The van der Waals surface area contributed by atoms with E-state index in [9.17, 15) is 18.0 Å². The number of carbonyl (C=O) groups is 1. The summed E-state index contributed by atoms with van der Waals surface area (Å²) in [5.41, 5.74) is 1.69. The van der Waals surface area contributed by atoms with E-state index in [0.717, 1.165) is 16.9 Å². The lowest BCUT2D eigenvalue weighted by atomic mass is 10.1. The van der Waals surface area contributed by atoms with E-state index in [0.29, 0.717) is 31.8 Å². The molecule has 1 N–H and O–H groups in total. The number of rotatable bonds is 4. The van der Waals surface area contributed by atoms with Crippen molar-refractivity contribution in [2.45, 2.75) is 26.5 Å². The molecular formula is C20H21F3N2O2. The summed E-state index contributed by atoms with van der Waals surface area (Å²) >= 11 is 0. The van der Waals surface area contributed by atoms with Gasteiger partial charge >= 0.3 is 0 Å². The van der Waals surface area contributed by atoms with Crippen molar-refractivity contribution in [2.75, 3.05) is 19.6 Å². The first-order chi connectivity index (χ1) is 12.8. The Morgan fingerprint density at radius 2 is 1.93 bits per heavy atom. The van der Waals surface area contributed by atoms with Crippen LogP contribution in [-0.4, -0.2) is 36.5 Å². The van der Waals surface area contributed by atoms with Crippen LogP contribution in [0.5, 0.6) is 5.75 Å². The predicted octanol–water partition coefficient (Wildman–Crippen LogP) is 3.43. The zero-order chi connectivity index (χ0) is 19.6. The second-order valence-corrected chi connectivity index (χ2v) is 6.78. The van der Waals surface area contributed by atoms with E-state index in [2.05, 4.69) is 16.3 Å². The molecule has 1 atom stereocenters. The third-order valence-electron chi connectivity index (χ3n) is 4.42. The van der Waals surface area contributed by atoms with Crippen LogP contribution in [0.1, 0.15) is 28.4 Å². The Labute approximate surface area is 155 Å². The van der Waals surface area contributed by atoms with Gasteiger partial charge in [0.2, 0.25) is 0 Å². The number of ether oxygens (including phenoxy) is 1. The zero-order valence-corrected chi connectivity index (χ0v) is 15.2. The minimum absolute atomic E-state index is 0.0201. The fraction of sp³-hybridized carbons (Fsp3) is 0.350. The molecule has 0 spiro atoms. The van der Waals surface area contributed by atoms with Gasteiger partial charge < -0.3 is 10.1 Å². The lowest BCUT2D eigenvalue weighted by Gasteiger charge is -2.22. The number of fused-ring (bicyclic) bond motifs is 1. The summed E-state index contributed by atoms with van der Waals surface area (Å²) in [6.07, 6.45) is -0.0201. The Kier molecular flexibility index (Phi) is 5.70. The topological polar surface area (TPSA) is 41.6 Å². The van der Waals surface area contributed by atoms with Gasteiger partial charge in [-0.25, -0.2) is 13.2 Å². The fourth-order valence-corrected chi connectivity index (χ4v) is 3.16. The highest BCUT2D eigenvalue weighted by atomic mass is 19.2. The largest absolute Gasteiger partial charge is 0.489 e. The van der Waals surface area contributed by atoms with E-state index < -0.39 is 28.9 Å². The number of halogens is 3. The Morgan fingerprint density at radius 3 is 2.70 bits per heavy atom. The highest BCUT2D eigenvalue weighted by Crippen LogP contribution is 2.26. The van der Waals surface area contributed by atoms with Gasteiger partial charge in [-0.1, -0.05) is 17.7 Å². The van der Waals surface area contributed by atoms with E-state index in [1.54, 1.807) is 0 Å². The number of amides is 1. The van der Waals surface area contributed by atoms with Crippen LogP contribution in [0.2, 0.25) is 0 Å². The smallest absolute Gasteiger partial charge is 0.254 e. The molecule has 4 nitrogen and oxygen atoms in total. The molecule has 1 aliphatic rings. The molecular weight excluding hydrogens is 357 g/mol. The number of hydrogen-bond acceptors (Lipinski definition) is 3. The minimum atomic E-state index is -1.32. The highest BCUT2D eigenvalue weighted by molar-refractivity contribution is 5.94. The van der Waals surface area contributed by atoms with Gasteiger partial charge in [-0.3, -0.25) is 9.69 Å². The van der Waals surface area contributed by atoms with Crippen molar-refractivity contribution in [2.24, 2.45) is 0 Å². The first-order valence-corrected chi connectivity index (χ1v) is 8.75. The number of hydrogen-bond donors (Lipinski definition) is 1. The van der Waals surface area contributed by atoms with Crippen molar-refractivity contribution < 1.29 is 22.7 Å². The van der Waals surface area contributed by atoms with Crippen LogP contribution in [-0.2, 0) is 6.54 Å². The number of carbonyl (C=O) groups excluding carboxylic acids is 1.